The summed E-state index contributed by atoms with van der Waals surface area (Å²) in [5, 5.41) is 3.04. The minimum atomic E-state index is -0.186. The molecule has 17 heavy (non-hydrogen) atoms. The molecule has 0 atom stereocenters. The van der Waals surface area contributed by atoms with Crippen LogP contribution in [0.2, 0.25) is 0 Å². The number of nitrogens with two attached hydrogens (primary N) is 1. The van der Waals surface area contributed by atoms with Crippen LogP contribution in [-0.4, -0.2) is 30.7 Å². The monoisotopic (exact) mass is 242 g/mol. The summed E-state index contributed by atoms with van der Waals surface area (Å²) < 4.78 is 5.48. The number of carbonyl (C=O) groups is 1. The first-order valence-corrected chi connectivity index (χ1v) is 6.59. The van der Waals surface area contributed by atoms with Crippen LogP contribution >= 0.6 is 0 Å². The van der Waals surface area contributed by atoms with Gasteiger partial charge < -0.3 is 15.8 Å². The number of ether oxygens (including phenoxy) is 1. The van der Waals surface area contributed by atoms with Crippen molar-refractivity contribution in [3.05, 3.63) is 0 Å². The molecule has 0 heterocycles. The summed E-state index contributed by atoms with van der Waals surface area (Å²) in [6.07, 6.45) is 3.87. The van der Waals surface area contributed by atoms with Gasteiger partial charge >= 0.3 is 0 Å². The van der Waals surface area contributed by atoms with E-state index in [1.54, 1.807) is 0 Å². The highest BCUT2D eigenvalue weighted by molar-refractivity contribution is 5.77. The number of carbonyl (C=O) groups excluding carboxylic acids is 1. The highest BCUT2D eigenvalue weighted by Gasteiger charge is 2.32. The van der Waals surface area contributed by atoms with Crippen molar-refractivity contribution in [3.8, 4) is 0 Å². The van der Waals surface area contributed by atoms with Crippen LogP contribution in [-0.2, 0) is 9.53 Å². The molecule has 3 N–H and O–H groups in total. The Morgan fingerprint density at radius 1 is 1.47 bits per heavy atom. The maximum Gasteiger partial charge on any atom is 0.220 e. The second kappa shape index (κ2) is 6.36. The molecule has 1 aliphatic carbocycles. The molecular weight excluding hydrogens is 216 g/mol. The van der Waals surface area contributed by atoms with Crippen LogP contribution < -0.4 is 11.1 Å². The average Bonchev–Trinajstić information content (AvgIpc) is 2.13. The van der Waals surface area contributed by atoms with E-state index in [0.717, 1.165) is 25.9 Å². The fraction of sp³-hybridized carbons (Fsp3) is 0.923. The topological polar surface area (TPSA) is 64.3 Å². The molecule has 0 aliphatic heterocycles. The Bertz CT molecular complexity index is 248. The molecule has 0 saturated heterocycles. The third-order valence-corrected chi connectivity index (χ3v) is 3.32. The van der Waals surface area contributed by atoms with E-state index in [9.17, 15) is 4.79 Å². The number of nitrogens with one attached hydrogen (secondary N) is 1. The van der Waals surface area contributed by atoms with Gasteiger partial charge in [0.15, 0.2) is 0 Å². The number of hydrogen-bond donors (Lipinski definition) is 2. The minimum absolute atomic E-state index is 0.142. The fourth-order valence-electron chi connectivity index (χ4n) is 2.33. The Morgan fingerprint density at radius 3 is 2.65 bits per heavy atom. The predicted octanol–water partition coefficient (Wildman–Crippen LogP) is 1.44. The lowest BCUT2D eigenvalue weighted by atomic mass is 9.79. The van der Waals surface area contributed by atoms with E-state index < -0.39 is 0 Å². The van der Waals surface area contributed by atoms with Crippen LogP contribution in [0.25, 0.3) is 0 Å². The number of hydrogen-bond acceptors (Lipinski definition) is 3. The highest BCUT2D eigenvalue weighted by Crippen LogP contribution is 2.32. The number of rotatable bonds is 7. The smallest absolute Gasteiger partial charge is 0.220 e. The van der Waals surface area contributed by atoms with Gasteiger partial charge in [-0.1, -0.05) is 0 Å². The van der Waals surface area contributed by atoms with Crippen molar-refractivity contribution >= 4 is 5.91 Å². The van der Waals surface area contributed by atoms with Crippen molar-refractivity contribution in [2.45, 2.75) is 58.1 Å². The molecule has 1 saturated carbocycles. The zero-order chi connectivity index (χ0) is 12.9. The maximum atomic E-state index is 11.8. The SMILES string of the molecule is CCOC1CC(CC(=O)NC(C)(C)CCN)C1. The van der Waals surface area contributed by atoms with Crippen molar-refractivity contribution in [3.63, 3.8) is 0 Å². The van der Waals surface area contributed by atoms with Gasteiger partial charge in [0.2, 0.25) is 5.91 Å². The highest BCUT2D eigenvalue weighted by atomic mass is 16.5. The molecule has 0 radical (unpaired) electrons. The van der Waals surface area contributed by atoms with Crippen LogP contribution in [0.15, 0.2) is 0 Å². The maximum absolute atomic E-state index is 11.8. The van der Waals surface area contributed by atoms with E-state index in [0.29, 0.717) is 25.0 Å². The summed E-state index contributed by atoms with van der Waals surface area (Å²) in [5.41, 5.74) is 5.33. The van der Waals surface area contributed by atoms with E-state index in [4.69, 9.17) is 10.5 Å². The molecule has 1 amide bonds. The summed E-state index contributed by atoms with van der Waals surface area (Å²) in [7, 11) is 0. The average molecular weight is 242 g/mol. The lowest BCUT2D eigenvalue weighted by Gasteiger charge is -2.35. The molecule has 0 aromatic carbocycles. The summed E-state index contributed by atoms with van der Waals surface area (Å²) in [4.78, 5) is 11.8. The largest absolute Gasteiger partial charge is 0.378 e. The second-order valence-electron chi connectivity index (χ2n) is 5.59. The molecule has 1 rings (SSSR count). The number of amides is 1. The predicted molar refractivity (Wildman–Crippen MR) is 68.6 cm³/mol. The Morgan fingerprint density at radius 2 is 2.12 bits per heavy atom. The Labute approximate surface area is 104 Å². The summed E-state index contributed by atoms with van der Waals surface area (Å²) in [5.74, 6) is 0.642. The minimum Gasteiger partial charge on any atom is -0.378 e. The van der Waals surface area contributed by atoms with E-state index in [2.05, 4.69) is 5.32 Å². The Kier molecular flexibility index (Phi) is 5.40. The van der Waals surface area contributed by atoms with Gasteiger partial charge in [-0.2, -0.15) is 0 Å². The normalized spacial score (nSPS) is 24.2. The van der Waals surface area contributed by atoms with Gasteiger partial charge in [0, 0.05) is 18.6 Å². The van der Waals surface area contributed by atoms with Gasteiger partial charge in [0.1, 0.15) is 0 Å². The van der Waals surface area contributed by atoms with Gasteiger partial charge in [0.25, 0.3) is 0 Å². The summed E-state index contributed by atoms with van der Waals surface area (Å²) in [6.45, 7) is 7.41. The second-order valence-corrected chi connectivity index (χ2v) is 5.59. The molecule has 0 aromatic rings. The van der Waals surface area contributed by atoms with Gasteiger partial charge in [0.05, 0.1) is 6.10 Å². The van der Waals surface area contributed by atoms with Crippen LogP contribution in [0, 0.1) is 5.92 Å². The van der Waals surface area contributed by atoms with Gasteiger partial charge in [-0.3, -0.25) is 4.79 Å². The van der Waals surface area contributed by atoms with Crippen molar-refractivity contribution in [2.75, 3.05) is 13.2 Å². The zero-order valence-corrected chi connectivity index (χ0v) is 11.3. The Hall–Kier alpha value is -0.610. The molecule has 4 heteroatoms. The fourth-order valence-corrected chi connectivity index (χ4v) is 2.33. The zero-order valence-electron chi connectivity index (χ0n) is 11.3. The van der Waals surface area contributed by atoms with Crippen molar-refractivity contribution in [1.29, 1.82) is 0 Å². The van der Waals surface area contributed by atoms with Crippen LogP contribution in [0.3, 0.4) is 0 Å². The molecule has 1 aliphatic rings. The van der Waals surface area contributed by atoms with E-state index in [1.165, 1.54) is 0 Å². The first-order chi connectivity index (χ1) is 7.96. The third kappa shape index (κ3) is 5.04. The standard InChI is InChI=1S/C13H26N2O2/c1-4-17-11-7-10(8-11)9-12(16)15-13(2,3)5-6-14/h10-11H,4-9,14H2,1-3H3,(H,15,16). The van der Waals surface area contributed by atoms with Crippen LogP contribution in [0.4, 0.5) is 0 Å². The first kappa shape index (κ1) is 14.5. The summed E-state index contributed by atoms with van der Waals surface area (Å²) in [6, 6.07) is 0. The van der Waals surface area contributed by atoms with E-state index in [1.807, 2.05) is 20.8 Å². The molecule has 0 aromatic heterocycles. The molecule has 0 unspecified atom stereocenters. The molecule has 1 fully saturated rings. The van der Waals surface area contributed by atoms with Gasteiger partial charge in [-0.05, 0) is 52.5 Å². The first-order valence-electron chi connectivity index (χ1n) is 6.59. The molecule has 0 spiro atoms. The van der Waals surface area contributed by atoms with Crippen LogP contribution in [0.5, 0.6) is 0 Å². The van der Waals surface area contributed by atoms with Crippen molar-refractivity contribution in [1.82, 2.24) is 5.32 Å². The van der Waals surface area contributed by atoms with E-state index >= 15 is 0 Å². The van der Waals surface area contributed by atoms with Crippen molar-refractivity contribution < 1.29 is 9.53 Å². The van der Waals surface area contributed by atoms with Gasteiger partial charge in [-0.15, -0.1) is 0 Å². The molecule has 0 bridgehead atoms. The van der Waals surface area contributed by atoms with Crippen LogP contribution in [0.1, 0.15) is 46.5 Å². The molecular formula is C13H26N2O2. The lowest BCUT2D eigenvalue weighted by molar-refractivity contribution is -0.125. The van der Waals surface area contributed by atoms with E-state index in [-0.39, 0.29) is 11.4 Å². The summed E-state index contributed by atoms with van der Waals surface area (Å²) >= 11 is 0. The molecule has 100 valence electrons. The van der Waals surface area contributed by atoms with Crippen molar-refractivity contribution in [2.24, 2.45) is 11.7 Å². The third-order valence-electron chi connectivity index (χ3n) is 3.32. The quantitative estimate of drug-likeness (QED) is 0.710. The molecule has 4 nitrogen and oxygen atoms in total. The lowest BCUT2D eigenvalue weighted by Crippen LogP contribution is -2.46. The van der Waals surface area contributed by atoms with Gasteiger partial charge in [-0.25, -0.2) is 0 Å². The Balaban J connectivity index is 2.18.